The van der Waals surface area contributed by atoms with Crippen LogP contribution in [-0.2, 0) is 11.0 Å². The molecule has 7 nitrogen and oxygen atoms in total. The molecule has 1 aromatic heterocycles. The number of furan rings is 1. The van der Waals surface area contributed by atoms with Crippen molar-refractivity contribution in [2.45, 2.75) is 25.6 Å². The van der Waals surface area contributed by atoms with Gasteiger partial charge in [0, 0.05) is 24.3 Å². The molecule has 10 heteroatoms. The van der Waals surface area contributed by atoms with E-state index in [9.17, 15) is 27.6 Å². The minimum atomic E-state index is -4.73. The molecular formula is C19H18F3N3O4. The molecule has 1 aliphatic heterocycles. The molecule has 1 fully saturated rings. The molecule has 3 amide bonds. The van der Waals surface area contributed by atoms with Gasteiger partial charge < -0.3 is 20.0 Å². The number of rotatable bonds is 4. The largest absolute Gasteiger partial charge is 0.472 e. The molecule has 1 atom stereocenters. The first kappa shape index (κ1) is 20.4. The maximum atomic E-state index is 13.4. The second-order valence-corrected chi connectivity index (χ2v) is 6.48. The molecule has 0 spiro atoms. The maximum Gasteiger partial charge on any atom is 0.416 e. The quantitative estimate of drug-likeness (QED) is 0.812. The first-order chi connectivity index (χ1) is 13.7. The molecule has 1 unspecified atom stereocenters. The van der Waals surface area contributed by atoms with Gasteiger partial charge in [-0.15, -0.1) is 0 Å². The Morgan fingerprint density at radius 2 is 2.03 bits per heavy atom. The number of hydrogen-bond acceptors (Lipinski definition) is 4. The minimum absolute atomic E-state index is 0.119. The molecular weight excluding hydrogens is 391 g/mol. The number of hydrogen-bond donors (Lipinski definition) is 2. The van der Waals surface area contributed by atoms with Crippen molar-refractivity contribution in [1.29, 1.82) is 0 Å². The van der Waals surface area contributed by atoms with Crippen LogP contribution in [0, 0.1) is 0 Å². The number of amides is 3. The van der Waals surface area contributed by atoms with E-state index < -0.39 is 29.6 Å². The average Bonchev–Trinajstić information content (AvgIpc) is 3.21. The summed E-state index contributed by atoms with van der Waals surface area (Å²) < 4.78 is 44.8. The molecule has 1 aliphatic rings. The number of piperazine rings is 1. The molecule has 2 aromatic rings. The summed E-state index contributed by atoms with van der Waals surface area (Å²) in [6.07, 6.45) is -2.01. The van der Waals surface area contributed by atoms with Crippen molar-refractivity contribution < 1.29 is 32.0 Å². The minimum Gasteiger partial charge on any atom is -0.472 e. The van der Waals surface area contributed by atoms with E-state index in [2.05, 4.69) is 10.6 Å². The SMILES string of the molecule is CCC1C(=O)NCCN1C(=O)c1cc(NC(=O)c2ccoc2)cc(C(F)(F)F)c1. The molecule has 3 rings (SSSR count). The number of nitrogens with zero attached hydrogens (tertiary/aromatic N) is 1. The van der Waals surface area contributed by atoms with Crippen molar-refractivity contribution in [2.24, 2.45) is 0 Å². The summed E-state index contributed by atoms with van der Waals surface area (Å²) >= 11 is 0. The molecule has 1 aromatic carbocycles. The summed E-state index contributed by atoms with van der Waals surface area (Å²) in [6.45, 7) is 2.10. The fourth-order valence-electron chi connectivity index (χ4n) is 3.11. The van der Waals surface area contributed by atoms with Crippen LogP contribution in [0.4, 0.5) is 18.9 Å². The highest BCUT2D eigenvalue weighted by atomic mass is 19.4. The highest BCUT2D eigenvalue weighted by Gasteiger charge is 2.35. The fourth-order valence-corrected chi connectivity index (χ4v) is 3.11. The molecule has 0 aliphatic carbocycles. The van der Waals surface area contributed by atoms with Gasteiger partial charge in [-0.25, -0.2) is 0 Å². The molecule has 29 heavy (non-hydrogen) atoms. The van der Waals surface area contributed by atoms with Gasteiger partial charge in [0.1, 0.15) is 12.3 Å². The Labute approximate surface area is 163 Å². The van der Waals surface area contributed by atoms with E-state index >= 15 is 0 Å². The van der Waals surface area contributed by atoms with E-state index in [-0.39, 0.29) is 35.8 Å². The second-order valence-electron chi connectivity index (χ2n) is 6.48. The number of carbonyl (C=O) groups is 3. The standard InChI is InChI=1S/C19H18F3N3O4/c1-2-15-17(27)23-4-5-25(15)18(28)12-7-13(19(20,21)22)9-14(8-12)24-16(26)11-3-6-29-10-11/h3,6-10,15H,2,4-5H2,1H3,(H,23,27)(H,24,26). The first-order valence-corrected chi connectivity index (χ1v) is 8.85. The van der Waals surface area contributed by atoms with Crippen molar-refractivity contribution in [1.82, 2.24) is 10.2 Å². The summed E-state index contributed by atoms with van der Waals surface area (Å²) in [4.78, 5) is 38.3. The van der Waals surface area contributed by atoms with Crippen LogP contribution in [0.15, 0.2) is 41.2 Å². The Balaban J connectivity index is 1.96. The predicted octanol–water partition coefficient (Wildman–Crippen LogP) is 2.90. The van der Waals surface area contributed by atoms with Crippen molar-refractivity contribution in [3.05, 3.63) is 53.5 Å². The molecule has 0 radical (unpaired) electrons. The lowest BCUT2D eigenvalue weighted by molar-refractivity contribution is -0.137. The van der Waals surface area contributed by atoms with Crippen LogP contribution in [-0.4, -0.2) is 41.8 Å². The van der Waals surface area contributed by atoms with Gasteiger partial charge in [-0.05, 0) is 30.7 Å². The second kappa shape index (κ2) is 7.98. The van der Waals surface area contributed by atoms with Crippen molar-refractivity contribution in [2.75, 3.05) is 18.4 Å². The molecule has 154 valence electrons. The van der Waals surface area contributed by atoms with Gasteiger partial charge in [-0.1, -0.05) is 6.92 Å². The van der Waals surface area contributed by atoms with E-state index in [1.165, 1.54) is 17.2 Å². The van der Waals surface area contributed by atoms with Gasteiger partial charge in [0.05, 0.1) is 17.4 Å². The van der Waals surface area contributed by atoms with Gasteiger partial charge in [-0.2, -0.15) is 13.2 Å². The zero-order chi connectivity index (χ0) is 21.2. The Morgan fingerprint density at radius 1 is 1.28 bits per heavy atom. The van der Waals surface area contributed by atoms with E-state index in [0.29, 0.717) is 6.42 Å². The molecule has 1 saturated heterocycles. The van der Waals surface area contributed by atoms with Gasteiger partial charge in [0.2, 0.25) is 5.91 Å². The fraction of sp³-hybridized carbons (Fsp3) is 0.316. The van der Waals surface area contributed by atoms with E-state index in [0.717, 1.165) is 24.5 Å². The summed E-state index contributed by atoms with van der Waals surface area (Å²) in [6, 6.07) is 3.21. The van der Waals surface area contributed by atoms with Gasteiger partial charge in [0.15, 0.2) is 0 Å². The Kier molecular flexibility index (Phi) is 5.62. The van der Waals surface area contributed by atoms with E-state index in [1.807, 2.05) is 0 Å². The van der Waals surface area contributed by atoms with E-state index in [4.69, 9.17) is 4.42 Å². The molecule has 2 heterocycles. The van der Waals surface area contributed by atoms with Crippen molar-refractivity contribution in [3.8, 4) is 0 Å². The number of carbonyl (C=O) groups excluding carboxylic acids is 3. The predicted molar refractivity (Wildman–Crippen MR) is 96.2 cm³/mol. The third-order valence-electron chi connectivity index (χ3n) is 4.53. The highest BCUT2D eigenvalue weighted by molar-refractivity contribution is 6.05. The molecule has 0 bridgehead atoms. The lowest BCUT2D eigenvalue weighted by Gasteiger charge is -2.34. The number of anilines is 1. The Hall–Kier alpha value is -3.30. The van der Waals surface area contributed by atoms with Crippen LogP contribution in [0.2, 0.25) is 0 Å². The summed E-state index contributed by atoms with van der Waals surface area (Å²) in [7, 11) is 0. The topological polar surface area (TPSA) is 91.7 Å². The Morgan fingerprint density at radius 3 is 2.66 bits per heavy atom. The van der Waals surface area contributed by atoms with E-state index in [1.54, 1.807) is 6.92 Å². The van der Waals surface area contributed by atoms with Gasteiger partial charge >= 0.3 is 6.18 Å². The van der Waals surface area contributed by atoms with Crippen LogP contribution in [0.25, 0.3) is 0 Å². The summed E-state index contributed by atoms with van der Waals surface area (Å²) in [5, 5.41) is 4.97. The Bertz CT molecular complexity index is 925. The average molecular weight is 409 g/mol. The summed E-state index contributed by atoms with van der Waals surface area (Å²) in [5.74, 6) is -1.75. The number of halogens is 3. The first-order valence-electron chi connectivity index (χ1n) is 8.85. The molecule has 2 N–H and O–H groups in total. The smallest absolute Gasteiger partial charge is 0.416 e. The van der Waals surface area contributed by atoms with Crippen LogP contribution in [0.3, 0.4) is 0 Å². The molecule has 0 saturated carbocycles. The van der Waals surface area contributed by atoms with Crippen LogP contribution in [0.5, 0.6) is 0 Å². The maximum absolute atomic E-state index is 13.4. The normalized spacial score (nSPS) is 17.0. The van der Waals surface area contributed by atoms with Gasteiger partial charge in [-0.3, -0.25) is 14.4 Å². The monoisotopic (exact) mass is 409 g/mol. The number of alkyl halides is 3. The third-order valence-corrected chi connectivity index (χ3v) is 4.53. The lowest BCUT2D eigenvalue weighted by atomic mass is 10.0. The van der Waals surface area contributed by atoms with Crippen LogP contribution < -0.4 is 10.6 Å². The van der Waals surface area contributed by atoms with Crippen LogP contribution in [0.1, 0.15) is 39.6 Å². The summed E-state index contributed by atoms with van der Waals surface area (Å²) in [5.41, 5.74) is -1.42. The number of benzene rings is 1. The zero-order valence-corrected chi connectivity index (χ0v) is 15.4. The lowest BCUT2D eigenvalue weighted by Crippen LogP contribution is -2.56. The van der Waals surface area contributed by atoms with Crippen molar-refractivity contribution in [3.63, 3.8) is 0 Å². The van der Waals surface area contributed by atoms with Crippen molar-refractivity contribution >= 4 is 23.4 Å². The highest BCUT2D eigenvalue weighted by Crippen LogP contribution is 2.33. The third kappa shape index (κ3) is 4.41. The van der Waals surface area contributed by atoms with Crippen LogP contribution >= 0.6 is 0 Å². The zero-order valence-electron chi connectivity index (χ0n) is 15.4. The number of nitrogens with one attached hydrogen (secondary N) is 2. The van der Waals surface area contributed by atoms with Gasteiger partial charge in [0.25, 0.3) is 11.8 Å².